The van der Waals surface area contributed by atoms with Crippen molar-refractivity contribution in [2.24, 2.45) is 0 Å². The zero-order valence-corrected chi connectivity index (χ0v) is 15.8. The van der Waals surface area contributed by atoms with Gasteiger partial charge >= 0.3 is 0 Å². The number of H-pyrrole nitrogens is 2. The Bertz CT molecular complexity index is 1300. The van der Waals surface area contributed by atoms with Crippen LogP contribution in [-0.4, -0.2) is 30.1 Å². The minimum Gasteiger partial charge on any atom is -0.359 e. The number of pyridine rings is 1. The molecule has 0 fully saturated rings. The van der Waals surface area contributed by atoms with Crippen LogP contribution < -0.4 is 0 Å². The largest absolute Gasteiger partial charge is 0.359 e. The third-order valence-corrected chi connectivity index (χ3v) is 4.94. The molecular formula is C23H18N6. The van der Waals surface area contributed by atoms with E-state index in [1.807, 2.05) is 62.0 Å². The molecule has 0 bridgehead atoms. The van der Waals surface area contributed by atoms with Crippen molar-refractivity contribution in [1.82, 2.24) is 30.1 Å². The highest BCUT2D eigenvalue weighted by atomic mass is 15.1. The number of benzene rings is 1. The summed E-state index contributed by atoms with van der Waals surface area (Å²) in [4.78, 5) is 16.1. The van der Waals surface area contributed by atoms with Crippen molar-refractivity contribution in [3.05, 3.63) is 90.9 Å². The van der Waals surface area contributed by atoms with Crippen LogP contribution in [0.2, 0.25) is 0 Å². The van der Waals surface area contributed by atoms with Crippen LogP contribution >= 0.6 is 0 Å². The van der Waals surface area contributed by atoms with Crippen LogP contribution in [0.3, 0.4) is 0 Å². The number of fused-ring (bicyclic) bond motifs is 1. The second-order valence-electron chi connectivity index (χ2n) is 6.68. The van der Waals surface area contributed by atoms with Gasteiger partial charge in [-0.25, -0.2) is 9.97 Å². The van der Waals surface area contributed by atoms with Gasteiger partial charge in [-0.1, -0.05) is 18.2 Å². The van der Waals surface area contributed by atoms with E-state index in [1.54, 1.807) is 0 Å². The maximum Gasteiger partial charge on any atom is 0.116 e. The zero-order valence-electron chi connectivity index (χ0n) is 15.8. The van der Waals surface area contributed by atoms with E-state index in [9.17, 15) is 0 Å². The number of allylic oxidation sites excluding steroid dienone is 1. The zero-order chi connectivity index (χ0) is 19.6. The average Bonchev–Trinajstić information content (AvgIpc) is 3.42. The number of aromatic amines is 2. The highest BCUT2D eigenvalue weighted by Crippen LogP contribution is 2.32. The van der Waals surface area contributed by atoms with Gasteiger partial charge in [0, 0.05) is 46.9 Å². The topological polar surface area (TPSA) is 83.1 Å². The van der Waals surface area contributed by atoms with Crippen LogP contribution in [0.5, 0.6) is 0 Å². The molecule has 0 aliphatic heterocycles. The molecule has 6 heteroatoms. The Morgan fingerprint density at radius 2 is 1.90 bits per heavy atom. The first-order valence-corrected chi connectivity index (χ1v) is 9.34. The Balaban J connectivity index is 1.57. The maximum absolute atomic E-state index is 4.55. The van der Waals surface area contributed by atoms with E-state index in [-0.39, 0.29) is 0 Å². The summed E-state index contributed by atoms with van der Waals surface area (Å²) < 4.78 is 0. The van der Waals surface area contributed by atoms with Gasteiger partial charge in [0.2, 0.25) is 0 Å². The van der Waals surface area contributed by atoms with Crippen molar-refractivity contribution in [1.29, 1.82) is 0 Å². The number of hydrogen-bond donors (Lipinski definition) is 2. The lowest BCUT2D eigenvalue weighted by Gasteiger charge is -2.03. The van der Waals surface area contributed by atoms with Crippen molar-refractivity contribution < 1.29 is 0 Å². The number of aromatic nitrogens is 6. The molecule has 0 radical (unpaired) electrons. The fraction of sp³-hybridized carbons (Fsp3) is 0.0435. The normalized spacial score (nSPS) is 11.8. The van der Waals surface area contributed by atoms with Crippen molar-refractivity contribution >= 4 is 16.5 Å². The summed E-state index contributed by atoms with van der Waals surface area (Å²) in [5.74, 6) is 0. The number of rotatable bonds is 4. The van der Waals surface area contributed by atoms with Crippen molar-refractivity contribution in [3.63, 3.8) is 0 Å². The van der Waals surface area contributed by atoms with Crippen LogP contribution in [-0.2, 0) is 0 Å². The molecule has 2 N–H and O–H groups in total. The lowest BCUT2D eigenvalue weighted by atomic mass is 10.0. The smallest absolute Gasteiger partial charge is 0.116 e. The molecule has 4 aromatic heterocycles. The summed E-state index contributed by atoms with van der Waals surface area (Å²) >= 11 is 0. The van der Waals surface area contributed by atoms with Gasteiger partial charge in [0.1, 0.15) is 12.0 Å². The van der Waals surface area contributed by atoms with Gasteiger partial charge in [-0.2, -0.15) is 5.10 Å². The summed E-state index contributed by atoms with van der Waals surface area (Å²) in [6.45, 7) is 2.02. The first-order chi connectivity index (χ1) is 14.3. The molecule has 0 aliphatic carbocycles. The molecule has 0 saturated heterocycles. The van der Waals surface area contributed by atoms with Crippen molar-refractivity contribution in [3.8, 4) is 22.5 Å². The molecule has 0 saturated carbocycles. The van der Waals surface area contributed by atoms with E-state index in [0.29, 0.717) is 0 Å². The molecule has 4 heterocycles. The maximum atomic E-state index is 4.55. The van der Waals surface area contributed by atoms with E-state index in [2.05, 4.69) is 48.3 Å². The van der Waals surface area contributed by atoms with Crippen LogP contribution in [0.25, 0.3) is 39.0 Å². The van der Waals surface area contributed by atoms with Gasteiger partial charge in [-0.15, -0.1) is 0 Å². The van der Waals surface area contributed by atoms with E-state index in [0.717, 1.165) is 50.2 Å². The Morgan fingerprint density at radius 3 is 2.69 bits per heavy atom. The SMILES string of the molecule is C/C=C(\c1c[nH]c(-c2n[nH]c3ccc(-c4cncnc4)cc23)c1)c1ccccn1. The minimum atomic E-state index is 0.876. The van der Waals surface area contributed by atoms with Gasteiger partial charge in [0.05, 0.1) is 16.9 Å². The monoisotopic (exact) mass is 378 g/mol. The second-order valence-corrected chi connectivity index (χ2v) is 6.68. The summed E-state index contributed by atoms with van der Waals surface area (Å²) in [7, 11) is 0. The highest BCUT2D eigenvalue weighted by Gasteiger charge is 2.14. The van der Waals surface area contributed by atoms with Gasteiger partial charge in [0.25, 0.3) is 0 Å². The fourth-order valence-electron chi connectivity index (χ4n) is 3.52. The molecule has 0 amide bonds. The Kier molecular flexibility index (Phi) is 4.22. The van der Waals surface area contributed by atoms with Gasteiger partial charge in [-0.3, -0.25) is 10.1 Å². The predicted octanol–water partition coefficient (Wildman–Crippen LogP) is 4.86. The Hall–Kier alpha value is -4.06. The molecule has 0 spiro atoms. The van der Waals surface area contributed by atoms with E-state index in [4.69, 9.17) is 0 Å². The Labute approximate surface area is 167 Å². The van der Waals surface area contributed by atoms with Crippen LogP contribution in [0, 0.1) is 0 Å². The third kappa shape index (κ3) is 3.10. The predicted molar refractivity (Wildman–Crippen MR) is 114 cm³/mol. The van der Waals surface area contributed by atoms with E-state index >= 15 is 0 Å². The van der Waals surface area contributed by atoms with Gasteiger partial charge < -0.3 is 4.98 Å². The fourth-order valence-corrected chi connectivity index (χ4v) is 3.52. The standard InChI is InChI=1S/C23H18N6/c1-2-18(20-5-3-4-8-26-20)16-10-22(27-13-16)23-19-9-15(6-7-21(19)28-29-23)17-11-24-14-25-12-17/h2-14,27H,1H3,(H,28,29)/b18-2+. The van der Waals surface area contributed by atoms with E-state index < -0.39 is 0 Å². The molecule has 29 heavy (non-hydrogen) atoms. The molecule has 0 unspecified atom stereocenters. The average molecular weight is 378 g/mol. The molecule has 6 nitrogen and oxygen atoms in total. The molecule has 5 aromatic rings. The van der Waals surface area contributed by atoms with Crippen LogP contribution in [0.15, 0.2) is 79.7 Å². The number of nitrogens with zero attached hydrogens (tertiary/aromatic N) is 4. The molecule has 5 rings (SSSR count). The van der Waals surface area contributed by atoms with E-state index in [1.165, 1.54) is 6.33 Å². The summed E-state index contributed by atoms with van der Waals surface area (Å²) in [5, 5.41) is 8.71. The van der Waals surface area contributed by atoms with Crippen molar-refractivity contribution in [2.45, 2.75) is 6.92 Å². The highest BCUT2D eigenvalue weighted by molar-refractivity contribution is 5.95. The lowest BCUT2D eigenvalue weighted by molar-refractivity contribution is 1.12. The number of nitrogens with one attached hydrogen (secondary N) is 2. The molecule has 1 aromatic carbocycles. The van der Waals surface area contributed by atoms with Gasteiger partial charge in [-0.05, 0) is 42.8 Å². The van der Waals surface area contributed by atoms with Crippen molar-refractivity contribution in [2.75, 3.05) is 0 Å². The first-order valence-electron chi connectivity index (χ1n) is 9.34. The summed E-state index contributed by atoms with van der Waals surface area (Å²) in [6.07, 6.45) is 11.0. The quantitative estimate of drug-likeness (QED) is 0.468. The molecular weight excluding hydrogens is 360 g/mol. The number of hydrogen-bond acceptors (Lipinski definition) is 4. The minimum absolute atomic E-state index is 0.876. The first kappa shape index (κ1) is 17.1. The summed E-state index contributed by atoms with van der Waals surface area (Å²) in [5.41, 5.74) is 7.92. The van der Waals surface area contributed by atoms with Crippen LogP contribution in [0.1, 0.15) is 18.2 Å². The lowest BCUT2D eigenvalue weighted by Crippen LogP contribution is -1.88. The van der Waals surface area contributed by atoms with Crippen LogP contribution in [0.4, 0.5) is 0 Å². The molecule has 0 atom stereocenters. The van der Waals surface area contributed by atoms with Gasteiger partial charge in [0.15, 0.2) is 0 Å². The second kappa shape index (κ2) is 7.16. The summed E-state index contributed by atoms with van der Waals surface area (Å²) in [6, 6.07) is 14.2. The molecule has 140 valence electrons. The third-order valence-electron chi connectivity index (χ3n) is 4.94. The Morgan fingerprint density at radius 1 is 1.00 bits per heavy atom. The molecule has 0 aliphatic rings.